The van der Waals surface area contributed by atoms with Gasteiger partial charge in [-0.05, 0) is 25.1 Å². The second kappa shape index (κ2) is 4.07. The zero-order chi connectivity index (χ0) is 14.7. The third-order valence-corrected chi connectivity index (χ3v) is 5.07. The van der Waals surface area contributed by atoms with Gasteiger partial charge >= 0.3 is 5.97 Å². The lowest BCUT2D eigenvalue weighted by Gasteiger charge is -2.20. The van der Waals surface area contributed by atoms with E-state index in [0.717, 1.165) is 0 Å². The molecule has 1 aliphatic rings. The Balaban J connectivity index is 2.44. The van der Waals surface area contributed by atoms with Crippen LogP contribution in [-0.2, 0) is 15.6 Å². The largest absolute Gasteiger partial charge is 0.476 e. The average Bonchev–Trinajstić information content (AvgIpc) is 2.65. The van der Waals surface area contributed by atoms with E-state index in [1.165, 1.54) is 22.8 Å². The summed E-state index contributed by atoms with van der Waals surface area (Å²) in [6.45, 7) is 1.62. The second-order valence-electron chi connectivity index (χ2n) is 4.47. The standard InChI is InChI=1S/C12H9ClN2O4S/c1-6-14-11(12(16)17)9-5-20(18,19)10-3-2-7(13)4-8(10)15(6)9/h2-4H,5H2,1H3,(H,16,17). The van der Waals surface area contributed by atoms with Crippen molar-refractivity contribution in [1.82, 2.24) is 9.55 Å². The highest BCUT2D eigenvalue weighted by Gasteiger charge is 2.34. The Morgan fingerprint density at radius 2 is 2.15 bits per heavy atom. The normalized spacial score (nSPS) is 15.5. The van der Waals surface area contributed by atoms with Gasteiger partial charge in [0.2, 0.25) is 0 Å². The maximum Gasteiger partial charge on any atom is 0.356 e. The molecule has 0 saturated carbocycles. The van der Waals surface area contributed by atoms with Crippen molar-refractivity contribution in [2.24, 2.45) is 0 Å². The number of aromatic carboxylic acids is 1. The Labute approximate surface area is 119 Å². The van der Waals surface area contributed by atoms with Crippen LogP contribution in [-0.4, -0.2) is 29.0 Å². The highest BCUT2D eigenvalue weighted by Crippen LogP contribution is 2.34. The van der Waals surface area contributed by atoms with Gasteiger partial charge in [0.1, 0.15) is 5.82 Å². The SMILES string of the molecule is Cc1nc(C(=O)O)c2n1-c1cc(Cl)ccc1S(=O)(=O)C2. The topological polar surface area (TPSA) is 89.3 Å². The molecule has 1 N–H and O–H groups in total. The number of aryl methyl sites for hydroxylation is 1. The number of carboxylic acid groups (broad SMARTS) is 1. The van der Waals surface area contributed by atoms with Gasteiger partial charge in [-0.25, -0.2) is 18.2 Å². The summed E-state index contributed by atoms with van der Waals surface area (Å²) in [4.78, 5) is 15.3. The van der Waals surface area contributed by atoms with Gasteiger partial charge in [-0.1, -0.05) is 11.6 Å². The van der Waals surface area contributed by atoms with Crippen LogP contribution in [0.15, 0.2) is 23.1 Å². The molecule has 1 aromatic heterocycles. The van der Waals surface area contributed by atoms with E-state index >= 15 is 0 Å². The number of nitrogens with zero attached hydrogens (tertiary/aromatic N) is 2. The molecule has 0 unspecified atom stereocenters. The van der Waals surface area contributed by atoms with Crippen molar-refractivity contribution in [3.8, 4) is 5.69 Å². The van der Waals surface area contributed by atoms with Gasteiger partial charge in [-0.15, -0.1) is 0 Å². The Morgan fingerprint density at radius 1 is 1.45 bits per heavy atom. The summed E-state index contributed by atoms with van der Waals surface area (Å²) in [6.07, 6.45) is 0. The molecule has 1 aliphatic heterocycles. The Bertz CT molecular complexity index is 855. The zero-order valence-electron chi connectivity index (χ0n) is 10.3. The minimum atomic E-state index is -3.60. The zero-order valence-corrected chi connectivity index (χ0v) is 11.9. The van der Waals surface area contributed by atoms with E-state index < -0.39 is 15.8 Å². The van der Waals surface area contributed by atoms with Crippen LogP contribution in [0.1, 0.15) is 22.0 Å². The number of aromatic nitrogens is 2. The predicted octanol–water partition coefficient (Wildman–Crippen LogP) is 1.82. The number of hydrogen-bond acceptors (Lipinski definition) is 4. The minimum absolute atomic E-state index is 0.131. The van der Waals surface area contributed by atoms with E-state index in [2.05, 4.69) is 4.98 Å². The third kappa shape index (κ3) is 1.74. The van der Waals surface area contributed by atoms with Crippen molar-refractivity contribution < 1.29 is 18.3 Å². The molecule has 1 aromatic carbocycles. The molecule has 0 atom stereocenters. The molecule has 20 heavy (non-hydrogen) atoms. The summed E-state index contributed by atoms with van der Waals surface area (Å²) < 4.78 is 26.0. The molecule has 6 nitrogen and oxygen atoms in total. The quantitative estimate of drug-likeness (QED) is 0.867. The van der Waals surface area contributed by atoms with Gasteiger partial charge in [0.15, 0.2) is 15.5 Å². The van der Waals surface area contributed by atoms with E-state index in [1.807, 2.05) is 0 Å². The smallest absolute Gasteiger partial charge is 0.356 e. The van der Waals surface area contributed by atoms with E-state index in [1.54, 1.807) is 6.92 Å². The summed E-state index contributed by atoms with van der Waals surface area (Å²) in [5.74, 6) is -1.22. The number of benzene rings is 1. The van der Waals surface area contributed by atoms with E-state index in [4.69, 9.17) is 16.7 Å². The first kappa shape index (κ1) is 13.1. The number of imidazole rings is 1. The molecule has 0 spiro atoms. The molecule has 2 heterocycles. The fourth-order valence-corrected chi connectivity index (χ4v) is 4.08. The highest BCUT2D eigenvalue weighted by atomic mass is 35.5. The van der Waals surface area contributed by atoms with Crippen LogP contribution in [0, 0.1) is 6.92 Å². The third-order valence-electron chi connectivity index (χ3n) is 3.17. The number of sulfone groups is 1. The van der Waals surface area contributed by atoms with Crippen LogP contribution in [0.2, 0.25) is 5.02 Å². The first-order valence-corrected chi connectivity index (χ1v) is 7.68. The maximum absolute atomic E-state index is 12.3. The summed E-state index contributed by atoms with van der Waals surface area (Å²) in [5.41, 5.74) is 0.262. The molecule has 3 rings (SSSR count). The fourth-order valence-electron chi connectivity index (χ4n) is 2.39. The molecule has 0 amide bonds. The molecule has 8 heteroatoms. The van der Waals surface area contributed by atoms with Crippen LogP contribution < -0.4 is 0 Å². The van der Waals surface area contributed by atoms with E-state index in [0.29, 0.717) is 16.5 Å². The molecular weight excluding hydrogens is 304 g/mol. The Morgan fingerprint density at radius 3 is 2.80 bits per heavy atom. The Kier molecular flexibility index (Phi) is 2.67. The number of carbonyl (C=O) groups is 1. The summed E-state index contributed by atoms with van der Waals surface area (Å²) in [5, 5.41) is 9.50. The van der Waals surface area contributed by atoms with Gasteiger partial charge in [0.05, 0.1) is 22.0 Å². The van der Waals surface area contributed by atoms with Crippen LogP contribution in [0.3, 0.4) is 0 Å². The first-order chi connectivity index (χ1) is 9.31. The van der Waals surface area contributed by atoms with Crippen molar-refractivity contribution in [2.75, 3.05) is 0 Å². The summed E-state index contributed by atoms with van der Waals surface area (Å²) in [6, 6.07) is 4.42. The first-order valence-electron chi connectivity index (χ1n) is 5.65. The Hall–Kier alpha value is -1.86. The second-order valence-corrected chi connectivity index (χ2v) is 6.86. The highest BCUT2D eigenvalue weighted by molar-refractivity contribution is 7.90. The van der Waals surface area contributed by atoms with Crippen molar-refractivity contribution in [3.05, 3.63) is 40.4 Å². The molecule has 0 radical (unpaired) electrons. The molecule has 2 aromatic rings. The van der Waals surface area contributed by atoms with E-state index in [-0.39, 0.29) is 22.0 Å². The lowest BCUT2D eigenvalue weighted by atomic mass is 10.2. The van der Waals surface area contributed by atoms with Crippen LogP contribution in [0.5, 0.6) is 0 Å². The monoisotopic (exact) mass is 312 g/mol. The lowest BCUT2D eigenvalue weighted by molar-refractivity contribution is 0.0690. The van der Waals surface area contributed by atoms with Crippen molar-refractivity contribution in [1.29, 1.82) is 0 Å². The van der Waals surface area contributed by atoms with E-state index in [9.17, 15) is 13.2 Å². The van der Waals surface area contributed by atoms with Crippen LogP contribution >= 0.6 is 11.6 Å². The molecular formula is C12H9ClN2O4S. The number of carboxylic acids is 1. The number of fused-ring (bicyclic) bond motifs is 3. The van der Waals surface area contributed by atoms with Crippen LogP contribution in [0.25, 0.3) is 5.69 Å². The minimum Gasteiger partial charge on any atom is -0.476 e. The number of halogens is 1. The van der Waals surface area contributed by atoms with Crippen LogP contribution in [0.4, 0.5) is 0 Å². The van der Waals surface area contributed by atoms with Crippen molar-refractivity contribution in [3.63, 3.8) is 0 Å². The summed E-state index contributed by atoms with van der Waals surface area (Å²) >= 11 is 5.91. The predicted molar refractivity (Wildman–Crippen MR) is 71.2 cm³/mol. The molecule has 0 aliphatic carbocycles. The van der Waals surface area contributed by atoms with Gasteiger partial charge < -0.3 is 5.11 Å². The van der Waals surface area contributed by atoms with Crippen molar-refractivity contribution >= 4 is 27.4 Å². The number of hydrogen-bond donors (Lipinski definition) is 1. The molecule has 0 saturated heterocycles. The fraction of sp³-hybridized carbons (Fsp3) is 0.167. The van der Waals surface area contributed by atoms with Crippen molar-refractivity contribution in [2.45, 2.75) is 17.6 Å². The lowest BCUT2D eigenvalue weighted by Crippen LogP contribution is -2.20. The molecule has 104 valence electrons. The summed E-state index contributed by atoms with van der Waals surface area (Å²) in [7, 11) is -3.60. The van der Waals surface area contributed by atoms with Gasteiger partial charge in [-0.2, -0.15) is 0 Å². The molecule has 0 fully saturated rings. The number of rotatable bonds is 1. The van der Waals surface area contributed by atoms with Gasteiger partial charge in [0, 0.05) is 5.02 Å². The van der Waals surface area contributed by atoms with Gasteiger partial charge in [-0.3, -0.25) is 4.57 Å². The average molecular weight is 313 g/mol. The maximum atomic E-state index is 12.3. The molecule has 0 bridgehead atoms. The van der Waals surface area contributed by atoms with Gasteiger partial charge in [0.25, 0.3) is 0 Å².